The maximum absolute atomic E-state index is 12.1. The summed E-state index contributed by atoms with van der Waals surface area (Å²) in [7, 11) is 3.76. The van der Waals surface area contributed by atoms with E-state index in [4.69, 9.17) is 0 Å². The average Bonchev–Trinajstić information content (AvgIpc) is 2.17. The molecule has 0 saturated carbocycles. The van der Waals surface area contributed by atoms with E-state index >= 15 is 0 Å². The van der Waals surface area contributed by atoms with Crippen molar-refractivity contribution in [3.63, 3.8) is 0 Å². The third kappa shape index (κ3) is 5.11. The first-order valence-corrected chi connectivity index (χ1v) is 5.62. The molecule has 0 rings (SSSR count). The summed E-state index contributed by atoms with van der Waals surface area (Å²) in [6.07, 6.45) is 0. The van der Waals surface area contributed by atoms with E-state index in [0.717, 1.165) is 0 Å². The summed E-state index contributed by atoms with van der Waals surface area (Å²) in [5.74, 6) is -0.193. The van der Waals surface area contributed by atoms with Crippen LogP contribution in [0.5, 0.6) is 0 Å². The van der Waals surface area contributed by atoms with Crippen LogP contribution in [0.2, 0.25) is 0 Å². The first kappa shape index (κ1) is 14.9. The largest absolute Gasteiger partial charge is 0.343 e. The Balaban J connectivity index is 4.59. The Labute approximate surface area is 97.8 Å². The zero-order valence-corrected chi connectivity index (χ0v) is 10.9. The van der Waals surface area contributed by atoms with Crippen molar-refractivity contribution < 1.29 is 9.59 Å². The molecular formula is C11H23N3O2. The van der Waals surface area contributed by atoms with E-state index < -0.39 is 6.04 Å². The number of amides is 2. The van der Waals surface area contributed by atoms with Crippen LogP contribution < -0.4 is 5.32 Å². The Hall–Kier alpha value is -1.10. The van der Waals surface area contributed by atoms with Gasteiger partial charge in [-0.15, -0.1) is 0 Å². The van der Waals surface area contributed by atoms with Crippen LogP contribution in [0.4, 0.5) is 0 Å². The minimum Gasteiger partial charge on any atom is -0.343 e. The monoisotopic (exact) mass is 229 g/mol. The number of carbonyl (C=O) groups excluding carboxylic acids is 2. The molecule has 0 aromatic carbocycles. The lowest BCUT2D eigenvalue weighted by atomic mass is 10.2. The molecule has 0 heterocycles. The Morgan fingerprint density at radius 2 is 1.69 bits per heavy atom. The average molecular weight is 229 g/mol. The van der Waals surface area contributed by atoms with Gasteiger partial charge in [0.2, 0.25) is 11.8 Å². The molecule has 1 N–H and O–H groups in total. The summed E-state index contributed by atoms with van der Waals surface area (Å²) < 4.78 is 0. The van der Waals surface area contributed by atoms with E-state index in [1.165, 1.54) is 6.92 Å². The molecule has 0 saturated heterocycles. The molecule has 2 amide bonds. The quantitative estimate of drug-likeness (QED) is 0.693. The van der Waals surface area contributed by atoms with Gasteiger partial charge in [0.05, 0.1) is 0 Å². The molecule has 94 valence electrons. The van der Waals surface area contributed by atoms with Crippen molar-refractivity contribution in [3.05, 3.63) is 0 Å². The summed E-state index contributed by atoms with van der Waals surface area (Å²) in [5.41, 5.74) is 0. The van der Waals surface area contributed by atoms with Crippen LogP contribution in [0.1, 0.15) is 20.8 Å². The van der Waals surface area contributed by atoms with Gasteiger partial charge in [0, 0.05) is 26.6 Å². The molecule has 5 heteroatoms. The fourth-order valence-electron chi connectivity index (χ4n) is 1.55. The van der Waals surface area contributed by atoms with Gasteiger partial charge >= 0.3 is 0 Å². The number of rotatable bonds is 6. The van der Waals surface area contributed by atoms with Gasteiger partial charge in [-0.3, -0.25) is 9.59 Å². The third-order valence-electron chi connectivity index (χ3n) is 2.30. The number of carbonyl (C=O) groups is 2. The number of nitrogens with one attached hydrogen (secondary N) is 1. The molecule has 16 heavy (non-hydrogen) atoms. The van der Waals surface area contributed by atoms with Crippen molar-refractivity contribution in [2.75, 3.05) is 33.7 Å². The van der Waals surface area contributed by atoms with Crippen molar-refractivity contribution in [2.24, 2.45) is 0 Å². The highest BCUT2D eigenvalue weighted by molar-refractivity contribution is 5.87. The predicted molar refractivity (Wildman–Crippen MR) is 64.1 cm³/mol. The number of nitrogens with zero attached hydrogens (tertiary/aromatic N) is 2. The van der Waals surface area contributed by atoms with Crippen molar-refractivity contribution in [2.45, 2.75) is 26.8 Å². The maximum Gasteiger partial charge on any atom is 0.246 e. The lowest BCUT2D eigenvalue weighted by Crippen LogP contribution is -2.52. The third-order valence-corrected chi connectivity index (χ3v) is 2.30. The van der Waals surface area contributed by atoms with E-state index in [0.29, 0.717) is 19.6 Å². The van der Waals surface area contributed by atoms with Gasteiger partial charge in [-0.2, -0.15) is 0 Å². The molecule has 0 aromatic heterocycles. The normalized spacial score (nSPS) is 12.4. The second-order valence-electron chi connectivity index (χ2n) is 4.03. The second-order valence-corrected chi connectivity index (χ2v) is 4.03. The molecular weight excluding hydrogens is 206 g/mol. The first-order valence-electron chi connectivity index (χ1n) is 5.62. The van der Waals surface area contributed by atoms with Crippen molar-refractivity contribution in [3.8, 4) is 0 Å². The lowest BCUT2D eigenvalue weighted by molar-refractivity contribution is -0.136. The second kappa shape index (κ2) is 7.22. The number of hydrogen-bond acceptors (Lipinski definition) is 3. The van der Waals surface area contributed by atoms with Crippen LogP contribution in [-0.4, -0.2) is 61.4 Å². The van der Waals surface area contributed by atoms with E-state index in [1.54, 1.807) is 4.90 Å². The number of likely N-dealkylation sites (N-methyl/N-ethyl adjacent to an activating group) is 2. The summed E-state index contributed by atoms with van der Waals surface area (Å²) >= 11 is 0. The molecule has 0 aliphatic carbocycles. The molecule has 0 radical (unpaired) electrons. The van der Waals surface area contributed by atoms with E-state index in [-0.39, 0.29) is 11.8 Å². The first-order chi connectivity index (χ1) is 7.42. The van der Waals surface area contributed by atoms with Crippen LogP contribution in [-0.2, 0) is 9.59 Å². The summed E-state index contributed by atoms with van der Waals surface area (Å²) in [6, 6.07) is -0.451. The smallest absolute Gasteiger partial charge is 0.246 e. The van der Waals surface area contributed by atoms with Gasteiger partial charge in [-0.1, -0.05) is 0 Å². The molecule has 0 aromatic rings. The number of hydrogen-bond donors (Lipinski definition) is 1. The van der Waals surface area contributed by atoms with Gasteiger partial charge < -0.3 is 15.1 Å². The molecule has 0 fully saturated rings. The standard InChI is InChI=1S/C11H23N3O2/c1-6-14(7-2)11(16)10(8-13(4)5)12-9(3)15/h10H,6-8H2,1-5H3,(H,12,15). The lowest BCUT2D eigenvalue weighted by Gasteiger charge is -2.27. The highest BCUT2D eigenvalue weighted by Crippen LogP contribution is 1.97. The predicted octanol–water partition coefficient (Wildman–Crippen LogP) is -0.0789. The molecule has 0 spiro atoms. The fraction of sp³-hybridized carbons (Fsp3) is 0.818. The van der Waals surface area contributed by atoms with Crippen LogP contribution in [0.15, 0.2) is 0 Å². The minimum atomic E-state index is -0.451. The van der Waals surface area contributed by atoms with Crippen LogP contribution in [0.25, 0.3) is 0 Å². The molecule has 5 nitrogen and oxygen atoms in total. The topological polar surface area (TPSA) is 52.7 Å². The zero-order valence-electron chi connectivity index (χ0n) is 10.9. The SMILES string of the molecule is CCN(CC)C(=O)C(CN(C)C)NC(C)=O. The summed E-state index contributed by atoms with van der Waals surface area (Å²) in [4.78, 5) is 26.7. The van der Waals surface area contributed by atoms with E-state index in [9.17, 15) is 9.59 Å². The zero-order chi connectivity index (χ0) is 12.7. The molecule has 0 aliphatic rings. The van der Waals surface area contributed by atoms with E-state index in [1.807, 2.05) is 32.8 Å². The van der Waals surface area contributed by atoms with Crippen LogP contribution >= 0.6 is 0 Å². The molecule has 0 bridgehead atoms. The van der Waals surface area contributed by atoms with E-state index in [2.05, 4.69) is 5.32 Å². The fourth-order valence-corrected chi connectivity index (χ4v) is 1.55. The Morgan fingerprint density at radius 3 is 2.00 bits per heavy atom. The maximum atomic E-state index is 12.1. The van der Waals surface area contributed by atoms with Gasteiger partial charge in [0.25, 0.3) is 0 Å². The summed E-state index contributed by atoms with van der Waals surface area (Å²) in [5, 5.41) is 2.69. The Morgan fingerprint density at radius 1 is 1.19 bits per heavy atom. The highest BCUT2D eigenvalue weighted by atomic mass is 16.2. The molecule has 1 unspecified atom stereocenters. The van der Waals surface area contributed by atoms with Crippen molar-refractivity contribution in [1.29, 1.82) is 0 Å². The summed E-state index contributed by atoms with van der Waals surface area (Å²) in [6.45, 7) is 7.15. The van der Waals surface area contributed by atoms with Gasteiger partial charge in [0.15, 0.2) is 0 Å². The Bertz CT molecular complexity index is 237. The van der Waals surface area contributed by atoms with Crippen LogP contribution in [0.3, 0.4) is 0 Å². The van der Waals surface area contributed by atoms with Crippen molar-refractivity contribution in [1.82, 2.24) is 15.1 Å². The highest BCUT2D eigenvalue weighted by Gasteiger charge is 2.23. The van der Waals surface area contributed by atoms with Gasteiger partial charge in [-0.25, -0.2) is 0 Å². The van der Waals surface area contributed by atoms with Gasteiger partial charge in [0.1, 0.15) is 6.04 Å². The minimum absolute atomic E-state index is 0.0195. The Kier molecular flexibility index (Phi) is 6.72. The van der Waals surface area contributed by atoms with Crippen molar-refractivity contribution >= 4 is 11.8 Å². The molecule has 0 aliphatic heterocycles. The van der Waals surface area contributed by atoms with Crippen LogP contribution in [0, 0.1) is 0 Å². The molecule has 1 atom stereocenters. The van der Waals surface area contributed by atoms with Gasteiger partial charge in [-0.05, 0) is 27.9 Å².